The van der Waals surface area contributed by atoms with Crippen LogP contribution in [0.4, 0.5) is 13.2 Å². The van der Waals surface area contributed by atoms with E-state index in [-0.39, 0.29) is 0 Å². The van der Waals surface area contributed by atoms with Crippen LogP contribution in [0.1, 0.15) is 24.8 Å². The standard InChI is InChI=1S/C10H14F3N3/c11-10(12,13)8-6-15-16(7-8)5-1-4-14-9-2-3-9/h6-7,9,14H,1-5H2. The summed E-state index contributed by atoms with van der Waals surface area (Å²) < 4.78 is 38.1. The number of alkyl halides is 3. The number of halogens is 3. The highest BCUT2D eigenvalue weighted by Gasteiger charge is 2.32. The molecule has 0 unspecified atom stereocenters. The molecule has 1 aromatic rings. The molecule has 90 valence electrons. The van der Waals surface area contributed by atoms with Gasteiger partial charge in [0.25, 0.3) is 0 Å². The fourth-order valence-corrected chi connectivity index (χ4v) is 1.47. The summed E-state index contributed by atoms with van der Waals surface area (Å²) in [7, 11) is 0. The van der Waals surface area contributed by atoms with Crippen molar-refractivity contribution in [1.29, 1.82) is 0 Å². The number of rotatable bonds is 5. The third kappa shape index (κ3) is 3.23. The van der Waals surface area contributed by atoms with E-state index >= 15 is 0 Å². The molecule has 0 radical (unpaired) electrons. The zero-order valence-electron chi connectivity index (χ0n) is 8.80. The molecule has 0 atom stereocenters. The van der Waals surface area contributed by atoms with E-state index in [9.17, 15) is 13.2 Å². The molecule has 0 bridgehead atoms. The van der Waals surface area contributed by atoms with Gasteiger partial charge in [0.15, 0.2) is 0 Å². The summed E-state index contributed by atoms with van der Waals surface area (Å²) in [5.74, 6) is 0. The molecule has 0 amide bonds. The second-order valence-corrected chi connectivity index (χ2v) is 4.07. The summed E-state index contributed by atoms with van der Waals surface area (Å²) in [6.07, 6.45) is 0.880. The van der Waals surface area contributed by atoms with Crippen molar-refractivity contribution in [3.8, 4) is 0 Å². The lowest BCUT2D eigenvalue weighted by Crippen LogP contribution is -2.19. The second-order valence-electron chi connectivity index (χ2n) is 4.07. The van der Waals surface area contributed by atoms with E-state index in [1.54, 1.807) is 0 Å². The van der Waals surface area contributed by atoms with Crippen LogP contribution in [0.3, 0.4) is 0 Å². The lowest BCUT2D eigenvalue weighted by Gasteiger charge is -2.03. The summed E-state index contributed by atoms with van der Waals surface area (Å²) >= 11 is 0. The maximum absolute atomic E-state index is 12.2. The van der Waals surface area contributed by atoms with Gasteiger partial charge in [-0.05, 0) is 25.8 Å². The molecule has 16 heavy (non-hydrogen) atoms. The van der Waals surface area contributed by atoms with Crippen molar-refractivity contribution in [2.45, 2.75) is 38.0 Å². The minimum atomic E-state index is -4.29. The van der Waals surface area contributed by atoms with Gasteiger partial charge in [0.2, 0.25) is 0 Å². The molecule has 0 aromatic carbocycles. The second kappa shape index (κ2) is 4.45. The average Bonchev–Trinajstić information content (AvgIpc) is 2.88. The van der Waals surface area contributed by atoms with Crippen molar-refractivity contribution in [2.24, 2.45) is 0 Å². The molecule has 1 saturated carbocycles. The van der Waals surface area contributed by atoms with Crippen LogP contribution in [0.5, 0.6) is 0 Å². The minimum Gasteiger partial charge on any atom is -0.314 e. The Labute approximate surface area is 91.6 Å². The molecule has 0 spiro atoms. The van der Waals surface area contributed by atoms with Crippen LogP contribution >= 0.6 is 0 Å². The largest absolute Gasteiger partial charge is 0.419 e. The predicted molar refractivity (Wildman–Crippen MR) is 52.9 cm³/mol. The first kappa shape index (κ1) is 11.4. The molecule has 1 aliphatic carbocycles. The quantitative estimate of drug-likeness (QED) is 0.789. The number of aromatic nitrogens is 2. The van der Waals surface area contributed by atoms with Crippen molar-refractivity contribution in [3.05, 3.63) is 18.0 Å². The van der Waals surface area contributed by atoms with Gasteiger partial charge in [0.1, 0.15) is 0 Å². The molecule has 1 fully saturated rings. The minimum absolute atomic E-state index is 0.524. The third-order valence-corrected chi connectivity index (χ3v) is 2.53. The van der Waals surface area contributed by atoms with Gasteiger partial charge in [-0.25, -0.2) is 0 Å². The van der Waals surface area contributed by atoms with Crippen molar-refractivity contribution >= 4 is 0 Å². The number of aryl methyl sites for hydroxylation is 1. The van der Waals surface area contributed by atoms with Gasteiger partial charge >= 0.3 is 6.18 Å². The fraction of sp³-hybridized carbons (Fsp3) is 0.700. The summed E-state index contributed by atoms with van der Waals surface area (Å²) in [5.41, 5.74) is -0.678. The molecule has 1 aliphatic rings. The summed E-state index contributed by atoms with van der Waals surface area (Å²) in [6, 6.07) is 0.642. The monoisotopic (exact) mass is 233 g/mol. The first-order valence-electron chi connectivity index (χ1n) is 5.39. The maximum atomic E-state index is 12.2. The van der Waals surface area contributed by atoms with E-state index < -0.39 is 11.7 Å². The third-order valence-electron chi connectivity index (χ3n) is 2.53. The highest BCUT2D eigenvalue weighted by atomic mass is 19.4. The molecule has 1 aromatic heterocycles. The average molecular weight is 233 g/mol. The van der Waals surface area contributed by atoms with E-state index in [0.717, 1.165) is 25.4 Å². The van der Waals surface area contributed by atoms with E-state index in [4.69, 9.17) is 0 Å². The maximum Gasteiger partial charge on any atom is 0.419 e. The lowest BCUT2D eigenvalue weighted by atomic mass is 10.3. The number of hydrogen-bond donors (Lipinski definition) is 1. The van der Waals surface area contributed by atoms with Crippen LogP contribution in [-0.4, -0.2) is 22.4 Å². The van der Waals surface area contributed by atoms with Gasteiger partial charge in [0, 0.05) is 18.8 Å². The fourth-order valence-electron chi connectivity index (χ4n) is 1.47. The van der Waals surface area contributed by atoms with Crippen LogP contribution in [-0.2, 0) is 12.7 Å². The predicted octanol–water partition coefficient (Wildman–Crippen LogP) is 2.04. The van der Waals surface area contributed by atoms with Crippen molar-refractivity contribution < 1.29 is 13.2 Å². The van der Waals surface area contributed by atoms with E-state index in [2.05, 4.69) is 10.4 Å². The van der Waals surface area contributed by atoms with Crippen molar-refractivity contribution in [3.63, 3.8) is 0 Å². The van der Waals surface area contributed by atoms with Gasteiger partial charge in [-0.15, -0.1) is 0 Å². The SMILES string of the molecule is FC(F)(F)c1cnn(CCCNC2CC2)c1. The van der Waals surface area contributed by atoms with Gasteiger partial charge in [0.05, 0.1) is 11.8 Å². The number of nitrogens with one attached hydrogen (secondary N) is 1. The first-order valence-corrected chi connectivity index (χ1v) is 5.39. The molecule has 2 rings (SSSR count). The van der Waals surface area contributed by atoms with Gasteiger partial charge in [-0.3, -0.25) is 4.68 Å². The highest BCUT2D eigenvalue weighted by Crippen LogP contribution is 2.28. The Morgan fingerprint density at radius 3 is 2.75 bits per heavy atom. The molecule has 0 aliphatic heterocycles. The Bertz CT molecular complexity index is 341. The molecule has 0 saturated heterocycles. The topological polar surface area (TPSA) is 29.9 Å². The Hall–Kier alpha value is -1.04. The zero-order valence-corrected chi connectivity index (χ0v) is 8.80. The summed E-state index contributed by atoms with van der Waals surface area (Å²) in [4.78, 5) is 0. The smallest absolute Gasteiger partial charge is 0.314 e. The highest BCUT2D eigenvalue weighted by molar-refractivity contribution is 5.08. The van der Waals surface area contributed by atoms with Crippen LogP contribution in [0.15, 0.2) is 12.4 Å². The summed E-state index contributed by atoms with van der Waals surface area (Å²) in [5, 5.41) is 6.98. The van der Waals surface area contributed by atoms with Crippen LogP contribution in [0, 0.1) is 0 Å². The Morgan fingerprint density at radius 2 is 2.19 bits per heavy atom. The summed E-state index contributed by atoms with van der Waals surface area (Å²) in [6.45, 7) is 1.36. The molecule has 3 nitrogen and oxygen atoms in total. The van der Waals surface area contributed by atoms with Gasteiger partial charge < -0.3 is 5.32 Å². The Balaban J connectivity index is 1.73. The molecular weight excluding hydrogens is 219 g/mol. The van der Waals surface area contributed by atoms with Crippen LogP contribution < -0.4 is 5.32 Å². The Morgan fingerprint density at radius 1 is 1.44 bits per heavy atom. The van der Waals surface area contributed by atoms with Crippen LogP contribution in [0.2, 0.25) is 0 Å². The van der Waals surface area contributed by atoms with E-state index in [1.807, 2.05) is 0 Å². The van der Waals surface area contributed by atoms with E-state index in [1.165, 1.54) is 17.5 Å². The number of nitrogens with zero attached hydrogens (tertiary/aromatic N) is 2. The molecule has 1 N–H and O–H groups in total. The van der Waals surface area contributed by atoms with Crippen LogP contribution in [0.25, 0.3) is 0 Å². The van der Waals surface area contributed by atoms with Crippen molar-refractivity contribution in [2.75, 3.05) is 6.54 Å². The number of hydrogen-bond acceptors (Lipinski definition) is 2. The molecule has 1 heterocycles. The Kier molecular flexibility index (Phi) is 3.18. The molecular formula is C10H14F3N3. The van der Waals surface area contributed by atoms with E-state index in [0.29, 0.717) is 12.6 Å². The lowest BCUT2D eigenvalue weighted by molar-refractivity contribution is -0.137. The van der Waals surface area contributed by atoms with Gasteiger partial charge in [-0.2, -0.15) is 18.3 Å². The first-order chi connectivity index (χ1) is 7.55. The normalized spacial score (nSPS) is 16.7. The molecule has 6 heteroatoms. The van der Waals surface area contributed by atoms with Crippen molar-refractivity contribution in [1.82, 2.24) is 15.1 Å². The zero-order chi connectivity index (χ0) is 11.6. The van der Waals surface area contributed by atoms with Gasteiger partial charge in [-0.1, -0.05) is 0 Å².